The average Bonchev–Trinajstić information content (AvgIpc) is 2.66. The van der Waals surface area contributed by atoms with Crippen molar-refractivity contribution in [1.82, 2.24) is 20.2 Å². The molecular formula is C9H16F2N4O2S. The predicted octanol–water partition coefficient (Wildman–Crippen LogP) is 0.371. The van der Waals surface area contributed by atoms with Crippen molar-refractivity contribution in [2.75, 3.05) is 13.1 Å². The van der Waals surface area contributed by atoms with Gasteiger partial charge >= 0.3 is 0 Å². The van der Waals surface area contributed by atoms with Gasteiger partial charge in [0.05, 0.1) is 17.9 Å². The number of nitrogens with one attached hydrogen (secondary N) is 3. The van der Waals surface area contributed by atoms with Crippen LogP contribution in [-0.2, 0) is 16.6 Å². The summed E-state index contributed by atoms with van der Waals surface area (Å²) < 4.78 is 49.7. The zero-order chi connectivity index (χ0) is 13.8. The maximum absolute atomic E-state index is 12.0. The van der Waals surface area contributed by atoms with Crippen LogP contribution in [0.2, 0.25) is 0 Å². The van der Waals surface area contributed by atoms with E-state index in [1.165, 1.54) is 6.92 Å². The minimum atomic E-state index is -3.97. The zero-order valence-electron chi connectivity index (χ0n) is 10.1. The normalized spacial score (nSPS) is 12.3. The van der Waals surface area contributed by atoms with Crippen LogP contribution < -0.4 is 10.0 Å². The molecule has 0 atom stereocenters. The Morgan fingerprint density at radius 2 is 2.11 bits per heavy atom. The SMILES string of the molecule is CCNCc1n[nH]c(C)c1S(=O)(=O)NCC(F)F. The molecule has 0 spiro atoms. The molecule has 6 nitrogen and oxygen atoms in total. The van der Waals surface area contributed by atoms with Gasteiger partial charge in [0.25, 0.3) is 6.43 Å². The van der Waals surface area contributed by atoms with Crippen molar-refractivity contribution in [3.8, 4) is 0 Å². The molecule has 3 N–H and O–H groups in total. The highest BCUT2D eigenvalue weighted by Crippen LogP contribution is 2.17. The van der Waals surface area contributed by atoms with Crippen LogP contribution in [0.25, 0.3) is 0 Å². The average molecular weight is 282 g/mol. The smallest absolute Gasteiger partial charge is 0.251 e. The first-order chi connectivity index (χ1) is 8.38. The van der Waals surface area contributed by atoms with E-state index in [1.54, 1.807) is 0 Å². The fraction of sp³-hybridized carbons (Fsp3) is 0.667. The first kappa shape index (κ1) is 15.0. The standard InChI is InChI=1S/C9H16F2N4O2S/c1-3-12-4-7-9(6(2)14-15-7)18(16,17)13-5-8(10)11/h8,12-13H,3-5H2,1-2H3,(H,14,15). The fourth-order valence-corrected chi connectivity index (χ4v) is 2.80. The van der Waals surface area contributed by atoms with Crippen LogP contribution in [0.3, 0.4) is 0 Å². The number of halogens is 2. The van der Waals surface area contributed by atoms with Crippen LogP contribution in [0.15, 0.2) is 4.90 Å². The van der Waals surface area contributed by atoms with Gasteiger partial charge in [0.15, 0.2) is 0 Å². The quantitative estimate of drug-likeness (QED) is 0.674. The van der Waals surface area contributed by atoms with E-state index in [1.807, 2.05) is 11.6 Å². The molecule has 0 saturated carbocycles. The Hall–Kier alpha value is -1.06. The van der Waals surface area contributed by atoms with E-state index in [9.17, 15) is 17.2 Å². The number of hydrogen-bond donors (Lipinski definition) is 3. The molecule has 104 valence electrons. The highest BCUT2D eigenvalue weighted by Gasteiger charge is 2.24. The molecule has 0 unspecified atom stereocenters. The van der Waals surface area contributed by atoms with Crippen molar-refractivity contribution in [2.45, 2.75) is 31.7 Å². The summed E-state index contributed by atoms with van der Waals surface area (Å²) in [6.07, 6.45) is -2.73. The number of rotatable bonds is 7. The number of aryl methyl sites for hydroxylation is 1. The maximum Gasteiger partial charge on any atom is 0.251 e. The van der Waals surface area contributed by atoms with E-state index >= 15 is 0 Å². The Morgan fingerprint density at radius 3 is 2.67 bits per heavy atom. The summed E-state index contributed by atoms with van der Waals surface area (Å²) >= 11 is 0. The van der Waals surface area contributed by atoms with Crippen LogP contribution in [-0.4, -0.2) is 38.1 Å². The van der Waals surface area contributed by atoms with Crippen molar-refractivity contribution >= 4 is 10.0 Å². The van der Waals surface area contributed by atoms with E-state index in [4.69, 9.17) is 0 Å². The third-order valence-corrected chi connectivity index (χ3v) is 3.83. The van der Waals surface area contributed by atoms with Crippen molar-refractivity contribution < 1.29 is 17.2 Å². The first-order valence-electron chi connectivity index (χ1n) is 5.40. The van der Waals surface area contributed by atoms with Gasteiger partial charge in [0.2, 0.25) is 10.0 Å². The molecule has 0 aromatic carbocycles. The van der Waals surface area contributed by atoms with Crippen LogP contribution in [0.4, 0.5) is 8.78 Å². The van der Waals surface area contributed by atoms with Gasteiger partial charge in [-0.2, -0.15) is 5.10 Å². The third-order valence-electron chi connectivity index (χ3n) is 2.20. The molecule has 0 fully saturated rings. The van der Waals surface area contributed by atoms with Crippen LogP contribution in [0.5, 0.6) is 0 Å². The van der Waals surface area contributed by atoms with Crippen LogP contribution in [0, 0.1) is 6.92 Å². The zero-order valence-corrected chi connectivity index (χ0v) is 10.9. The van der Waals surface area contributed by atoms with E-state index < -0.39 is 23.0 Å². The number of nitrogens with zero attached hydrogens (tertiary/aromatic N) is 1. The van der Waals surface area contributed by atoms with E-state index in [0.717, 1.165) is 0 Å². The summed E-state index contributed by atoms with van der Waals surface area (Å²) in [7, 11) is -3.97. The van der Waals surface area contributed by atoms with Gasteiger partial charge < -0.3 is 5.32 Å². The van der Waals surface area contributed by atoms with E-state index in [0.29, 0.717) is 12.2 Å². The third kappa shape index (κ3) is 3.72. The lowest BCUT2D eigenvalue weighted by Crippen LogP contribution is -2.30. The van der Waals surface area contributed by atoms with Crippen LogP contribution in [0.1, 0.15) is 18.3 Å². The molecule has 9 heteroatoms. The predicted molar refractivity (Wildman–Crippen MR) is 61.9 cm³/mol. The van der Waals surface area contributed by atoms with E-state index in [2.05, 4.69) is 15.5 Å². The van der Waals surface area contributed by atoms with Gasteiger partial charge in [-0.3, -0.25) is 5.10 Å². The lowest BCUT2D eigenvalue weighted by atomic mass is 10.3. The summed E-state index contributed by atoms with van der Waals surface area (Å²) in [5, 5.41) is 9.33. The second-order valence-corrected chi connectivity index (χ2v) is 5.35. The van der Waals surface area contributed by atoms with Gasteiger partial charge in [-0.05, 0) is 13.5 Å². The number of alkyl halides is 2. The molecule has 0 radical (unpaired) electrons. The van der Waals surface area contributed by atoms with Gasteiger partial charge in [0, 0.05) is 6.54 Å². The van der Waals surface area contributed by atoms with E-state index in [-0.39, 0.29) is 17.1 Å². The summed E-state index contributed by atoms with van der Waals surface area (Å²) in [4.78, 5) is -0.0656. The monoisotopic (exact) mass is 282 g/mol. The minimum absolute atomic E-state index is 0.0656. The molecule has 1 aromatic rings. The molecule has 0 aliphatic rings. The summed E-state index contributed by atoms with van der Waals surface area (Å²) in [6, 6.07) is 0. The van der Waals surface area contributed by atoms with Crippen molar-refractivity contribution in [2.24, 2.45) is 0 Å². The molecular weight excluding hydrogens is 266 g/mol. The maximum atomic E-state index is 12.0. The molecule has 1 heterocycles. The van der Waals surface area contributed by atoms with Gasteiger partial charge in [-0.15, -0.1) is 0 Å². The molecule has 18 heavy (non-hydrogen) atoms. The Kier molecular flexibility index (Phi) is 5.17. The summed E-state index contributed by atoms with van der Waals surface area (Å²) in [5.74, 6) is 0. The topological polar surface area (TPSA) is 86.9 Å². The molecule has 0 saturated heterocycles. The van der Waals surface area contributed by atoms with Gasteiger partial charge in [0.1, 0.15) is 4.90 Å². The Bertz CT molecular complexity index is 487. The highest BCUT2D eigenvalue weighted by atomic mass is 32.2. The molecule has 0 aliphatic carbocycles. The number of aromatic nitrogens is 2. The molecule has 0 bridgehead atoms. The second-order valence-electron chi connectivity index (χ2n) is 3.65. The number of aromatic amines is 1. The van der Waals surface area contributed by atoms with Crippen molar-refractivity contribution in [3.63, 3.8) is 0 Å². The lowest BCUT2D eigenvalue weighted by molar-refractivity contribution is 0.153. The molecule has 0 aliphatic heterocycles. The Balaban J connectivity index is 2.96. The molecule has 0 amide bonds. The number of sulfonamides is 1. The molecule has 1 aromatic heterocycles. The van der Waals surface area contributed by atoms with Crippen molar-refractivity contribution in [1.29, 1.82) is 0 Å². The number of hydrogen-bond acceptors (Lipinski definition) is 4. The number of H-pyrrole nitrogens is 1. The lowest BCUT2D eigenvalue weighted by Gasteiger charge is -2.07. The second kappa shape index (κ2) is 6.21. The van der Waals surface area contributed by atoms with Crippen molar-refractivity contribution in [3.05, 3.63) is 11.4 Å². The minimum Gasteiger partial charge on any atom is -0.311 e. The highest BCUT2D eigenvalue weighted by molar-refractivity contribution is 7.89. The largest absolute Gasteiger partial charge is 0.311 e. The first-order valence-corrected chi connectivity index (χ1v) is 6.89. The fourth-order valence-electron chi connectivity index (χ4n) is 1.43. The van der Waals surface area contributed by atoms with Gasteiger partial charge in [-0.1, -0.05) is 6.92 Å². The van der Waals surface area contributed by atoms with Crippen LogP contribution >= 0.6 is 0 Å². The van der Waals surface area contributed by atoms with Gasteiger partial charge in [-0.25, -0.2) is 21.9 Å². The summed E-state index contributed by atoms with van der Waals surface area (Å²) in [6.45, 7) is 3.39. The molecule has 1 rings (SSSR count). The Morgan fingerprint density at radius 1 is 1.44 bits per heavy atom. The summed E-state index contributed by atoms with van der Waals surface area (Å²) in [5.41, 5.74) is 0.612. The Labute approximate surface area is 104 Å².